The number of carbonyl (C=O) groups is 1. The van der Waals surface area contributed by atoms with Crippen LogP contribution in [-0.2, 0) is 19.4 Å². The number of rotatable bonds is 4. The van der Waals surface area contributed by atoms with Gasteiger partial charge in [0.05, 0.1) is 0 Å². The number of carbonyl (C=O) groups excluding carboxylic acids is 1. The molecule has 1 amide bonds. The second-order valence-corrected chi connectivity index (χ2v) is 4.33. The summed E-state index contributed by atoms with van der Waals surface area (Å²) in [5, 5.41) is 2.39. The molecular weight excluding hydrogens is 248 g/mol. The molecule has 0 aliphatic carbocycles. The Labute approximate surface area is 98.5 Å². The highest BCUT2D eigenvalue weighted by molar-refractivity contribution is 7.80. The van der Waals surface area contributed by atoms with Crippen molar-refractivity contribution >= 4 is 27.7 Å². The number of hydrogen-bond acceptors (Lipinski definition) is 5. The zero-order valence-corrected chi connectivity index (χ0v) is 9.77. The summed E-state index contributed by atoms with van der Waals surface area (Å²) in [6.07, 6.45) is -1.34. The lowest BCUT2D eigenvalue weighted by atomic mass is 10.2. The van der Waals surface area contributed by atoms with E-state index in [9.17, 15) is 13.2 Å². The van der Waals surface area contributed by atoms with E-state index in [1.54, 1.807) is 18.2 Å². The van der Waals surface area contributed by atoms with Gasteiger partial charge in [-0.2, -0.15) is 8.42 Å². The molecule has 1 aromatic rings. The van der Waals surface area contributed by atoms with Crippen molar-refractivity contribution in [3.05, 3.63) is 24.3 Å². The van der Waals surface area contributed by atoms with Gasteiger partial charge in [-0.25, -0.2) is 4.18 Å². The third-order valence-electron chi connectivity index (χ3n) is 1.79. The quantitative estimate of drug-likeness (QED) is 0.533. The maximum Gasteiger partial charge on any atom is 0.398 e. The first-order valence-corrected chi connectivity index (χ1v) is 5.96. The van der Waals surface area contributed by atoms with E-state index >= 15 is 0 Å². The minimum Gasteiger partial charge on any atom is -0.399 e. The molecule has 0 aliphatic rings. The molecule has 0 radical (unpaired) electrons. The second kappa shape index (κ2) is 5.13. The fraction of sp³-hybridized carbons (Fsp3) is 0.222. The molecule has 7 nitrogen and oxygen atoms in total. The lowest BCUT2D eigenvalue weighted by Gasteiger charge is -2.11. The number of nitrogen functional groups attached to an aromatic ring is 1. The highest BCUT2D eigenvalue weighted by Gasteiger charge is 2.19. The van der Waals surface area contributed by atoms with Gasteiger partial charge in [-0.1, -0.05) is 6.07 Å². The summed E-state index contributed by atoms with van der Waals surface area (Å²) >= 11 is 0. The van der Waals surface area contributed by atoms with Gasteiger partial charge < -0.3 is 11.1 Å². The van der Waals surface area contributed by atoms with Gasteiger partial charge in [-0.3, -0.25) is 9.35 Å². The Hall–Kier alpha value is -1.64. The molecule has 0 bridgehead atoms. The van der Waals surface area contributed by atoms with Crippen LogP contribution in [0.1, 0.15) is 6.92 Å². The van der Waals surface area contributed by atoms with Crippen LogP contribution in [-0.4, -0.2) is 25.0 Å². The molecule has 0 heterocycles. The third-order valence-corrected chi connectivity index (χ3v) is 2.32. The van der Waals surface area contributed by atoms with Crippen molar-refractivity contribution in [1.82, 2.24) is 0 Å². The fourth-order valence-corrected chi connectivity index (χ4v) is 1.54. The first kappa shape index (κ1) is 13.4. The molecule has 0 aromatic heterocycles. The molecule has 94 valence electrons. The predicted octanol–water partition coefficient (Wildman–Crippen LogP) is 0.415. The predicted molar refractivity (Wildman–Crippen MR) is 61.6 cm³/mol. The van der Waals surface area contributed by atoms with E-state index in [2.05, 4.69) is 9.50 Å². The maximum atomic E-state index is 11.4. The second-order valence-electron chi connectivity index (χ2n) is 3.28. The van der Waals surface area contributed by atoms with Crippen molar-refractivity contribution in [2.45, 2.75) is 13.0 Å². The summed E-state index contributed by atoms with van der Waals surface area (Å²) in [6.45, 7) is 1.19. The van der Waals surface area contributed by atoms with E-state index < -0.39 is 22.4 Å². The summed E-state index contributed by atoms with van der Waals surface area (Å²) in [5.74, 6) is -0.715. The number of amides is 1. The average Bonchev–Trinajstić information content (AvgIpc) is 2.14. The van der Waals surface area contributed by atoms with Crippen molar-refractivity contribution in [2.75, 3.05) is 11.1 Å². The van der Waals surface area contributed by atoms with Crippen LogP contribution in [0.25, 0.3) is 0 Å². The summed E-state index contributed by atoms with van der Waals surface area (Å²) in [6, 6.07) is 6.33. The van der Waals surface area contributed by atoms with Crippen LogP contribution in [0.2, 0.25) is 0 Å². The molecular formula is C9H12N2O5S. The lowest BCUT2D eigenvalue weighted by molar-refractivity contribution is -0.122. The number of nitrogens with two attached hydrogens (primary N) is 1. The van der Waals surface area contributed by atoms with Crippen LogP contribution in [0, 0.1) is 0 Å². The lowest BCUT2D eigenvalue weighted by Crippen LogP contribution is -2.29. The number of nitrogens with one attached hydrogen (secondary N) is 1. The Morgan fingerprint density at radius 3 is 2.71 bits per heavy atom. The molecule has 1 aromatic carbocycles. The normalized spacial score (nSPS) is 13.1. The van der Waals surface area contributed by atoms with E-state index in [1.807, 2.05) is 0 Å². The third kappa shape index (κ3) is 4.81. The van der Waals surface area contributed by atoms with Crippen LogP contribution in [0.15, 0.2) is 24.3 Å². The maximum absolute atomic E-state index is 11.4. The first-order chi connectivity index (χ1) is 7.78. The summed E-state index contributed by atoms with van der Waals surface area (Å²) in [4.78, 5) is 11.4. The van der Waals surface area contributed by atoms with Gasteiger partial charge in [-0.15, -0.1) is 0 Å². The standard InChI is InChI=1S/C9H12N2O5S/c1-6(16-17(13,14)15)9(12)11-8-4-2-3-7(10)5-8/h2-6H,10H2,1H3,(H,11,12)(H,13,14,15). The molecule has 1 unspecified atom stereocenters. The van der Waals surface area contributed by atoms with Crippen molar-refractivity contribution in [2.24, 2.45) is 0 Å². The van der Waals surface area contributed by atoms with Crippen molar-refractivity contribution < 1.29 is 21.9 Å². The molecule has 4 N–H and O–H groups in total. The van der Waals surface area contributed by atoms with Crippen molar-refractivity contribution in [3.63, 3.8) is 0 Å². The minimum absolute atomic E-state index is 0.404. The van der Waals surface area contributed by atoms with E-state index in [0.29, 0.717) is 11.4 Å². The molecule has 1 atom stereocenters. The van der Waals surface area contributed by atoms with Gasteiger partial charge >= 0.3 is 10.4 Å². The van der Waals surface area contributed by atoms with E-state index in [1.165, 1.54) is 13.0 Å². The number of anilines is 2. The highest BCUT2D eigenvalue weighted by Crippen LogP contribution is 2.12. The molecule has 0 fully saturated rings. The van der Waals surface area contributed by atoms with Gasteiger partial charge in [-0.05, 0) is 25.1 Å². The fourth-order valence-electron chi connectivity index (χ4n) is 1.09. The molecule has 1 rings (SSSR count). The first-order valence-electron chi connectivity index (χ1n) is 4.60. The Morgan fingerprint density at radius 1 is 1.53 bits per heavy atom. The Balaban J connectivity index is 2.66. The summed E-state index contributed by atoms with van der Waals surface area (Å²) < 4.78 is 33.3. The molecule has 0 spiro atoms. The highest BCUT2D eigenvalue weighted by atomic mass is 32.3. The number of benzene rings is 1. The molecule has 0 saturated carbocycles. The van der Waals surface area contributed by atoms with Crippen LogP contribution in [0.5, 0.6) is 0 Å². The van der Waals surface area contributed by atoms with Gasteiger partial charge in [0.25, 0.3) is 5.91 Å². The number of hydrogen-bond donors (Lipinski definition) is 3. The van der Waals surface area contributed by atoms with Gasteiger partial charge in [0.1, 0.15) is 0 Å². The zero-order valence-electron chi connectivity index (χ0n) is 8.95. The van der Waals surface area contributed by atoms with E-state index in [-0.39, 0.29) is 0 Å². The zero-order chi connectivity index (χ0) is 13.1. The largest absolute Gasteiger partial charge is 0.399 e. The Kier molecular flexibility index (Phi) is 4.05. The monoisotopic (exact) mass is 260 g/mol. The van der Waals surface area contributed by atoms with E-state index in [4.69, 9.17) is 10.3 Å². The van der Waals surface area contributed by atoms with Crippen molar-refractivity contribution in [1.29, 1.82) is 0 Å². The van der Waals surface area contributed by atoms with Crippen LogP contribution in [0.3, 0.4) is 0 Å². The van der Waals surface area contributed by atoms with Gasteiger partial charge in [0.15, 0.2) is 6.10 Å². The van der Waals surface area contributed by atoms with Gasteiger partial charge in [0, 0.05) is 11.4 Å². The molecule has 0 saturated heterocycles. The minimum atomic E-state index is -4.65. The molecule has 0 aliphatic heterocycles. The topological polar surface area (TPSA) is 119 Å². The van der Waals surface area contributed by atoms with Crippen LogP contribution >= 0.6 is 0 Å². The van der Waals surface area contributed by atoms with Crippen molar-refractivity contribution in [3.8, 4) is 0 Å². The van der Waals surface area contributed by atoms with E-state index in [0.717, 1.165) is 0 Å². The van der Waals surface area contributed by atoms with Gasteiger partial charge in [0.2, 0.25) is 0 Å². The summed E-state index contributed by atoms with van der Waals surface area (Å²) in [5.41, 5.74) is 6.35. The smallest absolute Gasteiger partial charge is 0.398 e. The molecule has 17 heavy (non-hydrogen) atoms. The average molecular weight is 260 g/mol. The van der Waals surface area contributed by atoms with Crippen LogP contribution in [0.4, 0.5) is 11.4 Å². The Bertz CT molecular complexity index is 514. The Morgan fingerprint density at radius 2 is 2.18 bits per heavy atom. The SMILES string of the molecule is CC(OS(=O)(=O)O)C(=O)Nc1cccc(N)c1. The summed E-state index contributed by atoms with van der Waals surface area (Å²) in [7, 11) is -4.65. The molecule has 8 heteroatoms. The van der Waals surface area contributed by atoms with Crippen LogP contribution < -0.4 is 11.1 Å².